The summed E-state index contributed by atoms with van der Waals surface area (Å²) in [6.07, 6.45) is -1.52. The molecule has 1 aromatic carbocycles. The van der Waals surface area contributed by atoms with E-state index >= 15 is 0 Å². The van der Waals surface area contributed by atoms with Crippen LogP contribution in [-0.4, -0.2) is 5.11 Å². The van der Waals surface area contributed by atoms with Gasteiger partial charge in [0.2, 0.25) is 0 Å². The standard InChI is InChI=1S/C12H14F3NO/c13-12(14,15)8-4-5-10(17)9(6-8)11(16)7-2-1-3-7/h4-7,11,17H,1-3,16H2/t11-/m1/s1. The molecule has 1 fully saturated rings. The smallest absolute Gasteiger partial charge is 0.416 e. The Balaban J connectivity index is 2.31. The van der Waals surface area contributed by atoms with Gasteiger partial charge in [-0.3, -0.25) is 0 Å². The van der Waals surface area contributed by atoms with Crippen molar-refractivity contribution in [2.24, 2.45) is 11.7 Å². The van der Waals surface area contributed by atoms with Crippen LogP contribution in [0.1, 0.15) is 36.4 Å². The predicted octanol–water partition coefficient (Wildman–Crippen LogP) is 3.21. The van der Waals surface area contributed by atoms with Crippen LogP contribution in [0.15, 0.2) is 18.2 Å². The van der Waals surface area contributed by atoms with Crippen molar-refractivity contribution in [2.75, 3.05) is 0 Å². The lowest BCUT2D eigenvalue weighted by atomic mass is 9.77. The molecule has 17 heavy (non-hydrogen) atoms. The molecule has 1 aliphatic rings. The van der Waals surface area contributed by atoms with Crippen LogP contribution in [0.3, 0.4) is 0 Å². The lowest BCUT2D eigenvalue weighted by Gasteiger charge is -2.32. The van der Waals surface area contributed by atoms with Crippen molar-refractivity contribution >= 4 is 0 Å². The highest BCUT2D eigenvalue weighted by atomic mass is 19.4. The van der Waals surface area contributed by atoms with Gasteiger partial charge in [0.15, 0.2) is 0 Å². The Morgan fingerprint density at radius 2 is 1.94 bits per heavy atom. The molecule has 1 atom stereocenters. The van der Waals surface area contributed by atoms with Crippen LogP contribution >= 0.6 is 0 Å². The molecule has 0 heterocycles. The number of halogens is 3. The van der Waals surface area contributed by atoms with Crippen molar-refractivity contribution in [3.05, 3.63) is 29.3 Å². The summed E-state index contributed by atoms with van der Waals surface area (Å²) in [5, 5.41) is 9.59. The van der Waals surface area contributed by atoms with Crippen LogP contribution in [0.4, 0.5) is 13.2 Å². The van der Waals surface area contributed by atoms with Gasteiger partial charge in [0, 0.05) is 11.6 Å². The highest BCUT2D eigenvalue weighted by Gasteiger charge is 2.33. The fraction of sp³-hybridized carbons (Fsp3) is 0.500. The average Bonchev–Trinajstić information content (AvgIpc) is 2.13. The molecule has 5 heteroatoms. The summed E-state index contributed by atoms with van der Waals surface area (Å²) in [5.74, 6) is 0.0294. The van der Waals surface area contributed by atoms with E-state index in [-0.39, 0.29) is 17.2 Å². The molecule has 1 aromatic rings. The Kier molecular flexibility index (Phi) is 3.03. The number of hydrogen-bond donors (Lipinski definition) is 2. The van der Waals surface area contributed by atoms with Crippen LogP contribution < -0.4 is 5.73 Å². The molecule has 0 radical (unpaired) electrons. The van der Waals surface area contributed by atoms with Crippen LogP contribution in [0, 0.1) is 5.92 Å². The van der Waals surface area contributed by atoms with Gasteiger partial charge in [-0.15, -0.1) is 0 Å². The number of rotatable bonds is 2. The van der Waals surface area contributed by atoms with Crippen molar-refractivity contribution < 1.29 is 18.3 Å². The number of aromatic hydroxyl groups is 1. The molecule has 0 aromatic heterocycles. The molecule has 0 spiro atoms. The second-order valence-corrected chi connectivity index (χ2v) is 4.49. The van der Waals surface area contributed by atoms with E-state index in [1.54, 1.807) is 0 Å². The van der Waals surface area contributed by atoms with Gasteiger partial charge in [-0.2, -0.15) is 13.2 Å². The molecule has 1 aliphatic carbocycles. The fourth-order valence-corrected chi connectivity index (χ4v) is 2.05. The van der Waals surface area contributed by atoms with E-state index in [1.807, 2.05) is 0 Å². The molecule has 2 rings (SSSR count). The van der Waals surface area contributed by atoms with E-state index in [0.717, 1.165) is 37.5 Å². The molecule has 2 nitrogen and oxygen atoms in total. The third kappa shape index (κ3) is 2.39. The van der Waals surface area contributed by atoms with E-state index in [0.29, 0.717) is 0 Å². The van der Waals surface area contributed by atoms with Crippen LogP contribution in [0.25, 0.3) is 0 Å². The lowest BCUT2D eigenvalue weighted by Crippen LogP contribution is -2.27. The van der Waals surface area contributed by atoms with E-state index in [2.05, 4.69) is 0 Å². The topological polar surface area (TPSA) is 46.2 Å². The second-order valence-electron chi connectivity index (χ2n) is 4.49. The molecular formula is C12H14F3NO. The zero-order valence-electron chi connectivity index (χ0n) is 9.17. The number of phenolic OH excluding ortho intramolecular Hbond substituents is 1. The lowest BCUT2D eigenvalue weighted by molar-refractivity contribution is -0.137. The first kappa shape index (κ1) is 12.2. The maximum Gasteiger partial charge on any atom is 0.416 e. The maximum atomic E-state index is 12.5. The van der Waals surface area contributed by atoms with E-state index < -0.39 is 17.8 Å². The highest BCUT2D eigenvalue weighted by Crippen LogP contribution is 2.41. The van der Waals surface area contributed by atoms with Crippen molar-refractivity contribution in [3.63, 3.8) is 0 Å². The second kappa shape index (κ2) is 4.22. The van der Waals surface area contributed by atoms with Gasteiger partial charge in [0.1, 0.15) is 5.75 Å². The summed E-state index contributed by atoms with van der Waals surface area (Å²) in [5.41, 5.74) is 5.32. The Morgan fingerprint density at radius 3 is 2.41 bits per heavy atom. The molecule has 3 N–H and O–H groups in total. The van der Waals surface area contributed by atoms with Crippen molar-refractivity contribution in [2.45, 2.75) is 31.5 Å². The van der Waals surface area contributed by atoms with Crippen LogP contribution in [0.5, 0.6) is 5.75 Å². The Hall–Kier alpha value is -1.23. The Morgan fingerprint density at radius 1 is 1.29 bits per heavy atom. The minimum absolute atomic E-state index is 0.155. The quantitative estimate of drug-likeness (QED) is 0.840. The van der Waals surface area contributed by atoms with E-state index in [4.69, 9.17) is 5.73 Å². The number of benzene rings is 1. The van der Waals surface area contributed by atoms with Crippen LogP contribution in [-0.2, 0) is 6.18 Å². The van der Waals surface area contributed by atoms with Gasteiger partial charge in [-0.05, 0) is 37.0 Å². The fourth-order valence-electron chi connectivity index (χ4n) is 2.05. The summed E-state index contributed by atoms with van der Waals surface area (Å²) >= 11 is 0. The molecular weight excluding hydrogens is 231 g/mol. The first-order valence-electron chi connectivity index (χ1n) is 5.55. The SMILES string of the molecule is N[C@@H](c1cc(C(F)(F)F)ccc1O)C1CCC1. The van der Waals surface area contributed by atoms with Gasteiger partial charge in [-0.1, -0.05) is 6.42 Å². The molecule has 0 saturated heterocycles. The van der Waals surface area contributed by atoms with Gasteiger partial charge in [0.05, 0.1) is 5.56 Å². The third-order valence-electron chi connectivity index (χ3n) is 3.37. The van der Waals surface area contributed by atoms with Gasteiger partial charge in [0.25, 0.3) is 0 Å². The largest absolute Gasteiger partial charge is 0.508 e. The minimum atomic E-state index is -4.40. The minimum Gasteiger partial charge on any atom is -0.508 e. The maximum absolute atomic E-state index is 12.5. The van der Waals surface area contributed by atoms with Crippen LogP contribution in [0.2, 0.25) is 0 Å². The molecule has 0 amide bonds. The normalized spacial score (nSPS) is 18.8. The summed E-state index contributed by atoms with van der Waals surface area (Å²) in [6, 6.07) is 2.38. The van der Waals surface area contributed by atoms with Crippen molar-refractivity contribution in [1.29, 1.82) is 0 Å². The molecule has 1 saturated carbocycles. The summed E-state index contributed by atoms with van der Waals surface area (Å²) in [7, 11) is 0. The van der Waals surface area contributed by atoms with E-state index in [9.17, 15) is 18.3 Å². The highest BCUT2D eigenvalue weighted by molar-refractivity contribution is 5.39. The number of hydrogen-bond acceptors (Lipinski definition) is 2. The number of phenols is 1. The monoisotopic (exact) mass is 245 g/mol. The summed E-state index contributed by atoms with van der Waals surface area (Å²) < 4.78 is 37.6. The number of alkyl halides is 3. The summed E-state index contributed by atoms with van der Waals surface area (Å²) in [4.78, 5) is 0. The zero-order chi connectivity index (χ0) is 12.6. The molecule has 0 bridgehead atoms. The van der Waals surface area contributed by atoms with Gasteiger partial charge < -0.3 is 10.8 Å². The first-order valence-corrected chi connectivity index (χ1v) is 5.55. The third-order valence-corrected chi connectivity index (χ3v) is 3.37. The average molecular weight is 245 g/mol. The molecule has 0 unspecified atom stereocenters. The zero-order valence-corrected chi connectivity index (χ0v) is 9.17. The van der Waals surface area contributed by atoms with Gasteiger partial charge in [-0.25, -0.2) is 0 Å². The Bertz CT molecular complexity index is 413. The predicted molar refractivity (Wildman–Crippen MR) is 57.4 cm³/mol. The first-order chi connectivity index (χ1) is 7.89. The molecule has 0 aliphatic heterocycles. The van der Waals surface area contributed by atoms with Crippen molar-refractivity contribution in [1.82, 2.24) is 0 Å². The summed E-state index contributed by atoms with van der Waals surface area (Å²) in [6.45, 7) is 0. The number of nitrogens with two attached hydrogens (primary N) is 1. The van der Waals surface area contributed by atoms with Gasteiger partial charge >= 0.3 is 6.18 Å². The molecule has 94 valence electrons. The Labute approximate surface area is 97.2 Å². The van der Waals surface area contributed by atoms with E-state index in [1.165, 1.54) is 0 Å². The van der Waals surface area contributed by atoms with Crippen molar-refractivity contribution in [3.8, 4) is 5.75 Å².